The number of rotatable bonds is 6. The Labute approximate surface area is 111 Å². The average molecular weight is 271 g/mol. The molecule has 2 nitrogen and oxygen atoms in total. The molecule has 1 aromatic carbocycles. The molecular weight excluding hydrogens is 255 g/mol. The molecule has 1 aromatic rings. The van der Waals surface area contributed by atoms with Crippen molar-refractivity contribution in [3.63, 3.8) is 0 Å². The molecule has 1 atom stereocenters. The predicted octanol–water partition coefficient (Wildman–Crippen LogP) is 3.41. The molecule has 18 heavy (non-hydrogen) atoms. The van der Waals surface area contributed by atoms with E-state index in [-0.39, 0.29) is 23.3 Å². The molecule has 0 N–H and O–H groups in total. The van der Waals surface area contributed by atoms with E-state index in [1.165, 1.54) is 6.07 Å². The van der Waals surface area contributed by atoms with Gasteiger partial charge in [0.05, 0.1) is 5.02 Å². The molecule has 1 saturated carbocycles. The van der Waals surface area contributed by atoms with Crippen molar-refractivity contribution in [2.24, 2.45) is 5.92 Å². The van der Waals surface area contributed by atoms with Gasteiger partial charge in [0.1, 0.15) is 11.9 Å². The van der Waals surface area contributed by atoms with E-state index in [4.69, 9.17) is 16.3 Å². The highest BCUT2D eigenvalue weighted by Gasteiger charge is 2.36. The molecule has 98 valence electrons. The number of carbonyl (C=O) groups is 1. The number of Topliss-reactive ketones (excluding diaryl/α,β-unsaturated/α-hetero) is 1. The zero-order chi connectivity index (χ0) is 13.1. The molecule has 0 aromatic heterocycles. The van der Waals surface area contributed by atoms with Crippen LogP contribution in [0.25, 0.3) is 0 Å². The normalized spacial score (nSPS) is 16.6. The maximum absolute atomic E-state index is 13.3. The Hall–Kier alpha value is -0.930. The van der Waals surface area contributed by atoms with Crippen molar-refractivity contribution >= 4 is 17.4 Å². The molecular formula is C14H16ClFO2. The first-order chi connectivity index (χ1) is 8.63. The van der Waals surface area contributed by atoms with Gasteiger partial charge >= 0.3 is 0 Å². The number of carbonyl (C=O) groups excluding carboxylic acids is 1. The van der Waals surface area contributed by atoms with Crippen LogP contribution < -0.4 is 0 Å². The Balaban J connectivity index is 2.07. The highest BCUT2D eigenvalue weighted by molar-refractivity contribution is 6.31. The third kappa shape index (κ3) is 3.09. The molecule has 4 heteroatoms. The lowest BCUT2D eigenvalue weighted by molar-refractivity contribution is -0.130. The SMILES string of the molecule is CCOC(C(=O)Cc1cccc(F)c1Cl)C1CC1. The fourth-order valence-corrected chi connectivity index (χ4v) is 2.24. The zero-order valence-electron chi connectivity index (χ0n) is 10.3. The van der Waals surface area contributed by atoms with Gasteiger partial charge in [-0.25, -0.2) is 4.39 Å². The second kappa shape index (κ2) is 5.81. The minimum absolute atomic E-state index is 0.00755. The van der Waals surface area contributed by atoms with Crippen LogP contribution in [0.4, 0.5) is 4.39 Å². The summed E-state index contributed by atoms with van der Waals surface area (Å²) in [6.45, 7) is 2.39. The summed E-state index contributed by atoms with van der Waals surface area (Å²) in [6.07, 6.45) is 1.85. The van der Waals surface area contributed by atoms with Gasteiger partial charge < -0.3 is 4.74 Å². The largest absolute Gasteiger partial charge is 0.370 e. The first-order valence-corrected chi connectivity index (χ1v) is 6.58. The molecule has 0 spiro atoms. The summed E-state index contributed by atoms with van der Waals surface area (Å²) in [7, 11) is 0. The van der Waals surface area contributed by atoms with Crippen LogP contribution >= 0.6 is 11.6 Å². The fourth-order valence-electron chi connectivity index (χ4n) is 2.04. The second-order valence-electron chi connectivity index (χ2n) is 4.57. The van der Waals surface area contributed by atoms with E-state index in [0.717, 1.165) is 12.8 Å². The van der Waals surface area contributed by atoms with Crippen molar-refractivity contribution < 1.29 is 13.9 Å². The monoisotopic (exact) mass is 270 g/mol. The van der Waals surface area contributed by atoms with Crippen LogP contribution in [-0.4, -0.2) is 18.5 Å². The first-order valence-electron chi connectivity index (χ1n) is 6.20. The van der Waals surface area contributed by atoms with Gasteiger partial charge in [0.25, 0.3) is 0 Å². The summed E-state index contributed by atoms with van der Waals surface area (Å²) in [6, 6.07) is 4.53. The van der Waals surface area contributed by atoms with Gasteiger partial charge in [0.15, 0.2) is 5.78 Å². The van der Waals surface area contributed by atoms with Gasteiger partial charge in [0, 0.05) is 13.0 Å². The van der Waals surface area contributed by atoms with Crippen LogP contribution in [0.5, 0.6) is 0 Å². The van der Waals surface area contributed by atoms with E-state index in [0.29, 0.717) is 18.1 Å². The van der Waals surface area contributed by atoms with Crippen molar-refractivity contribution in [2.45, 2.75) is 32.3 Å². The molecule has 1 aliphatic carbocycles. The smallest absolute Gasteiger partial charge is 0.166 e. The topological polar surface area (TPSA) is 26.3 Å². The number of ether oxygens (including phenoxy) is 1. The van der Waals surface area contributed by atoms with E-state index < -0.39 is 5.82 Å². The van der Waals surface area contributed by atoms with Crippen LogP contribution in [0.15, 0.2) is 18.2 Å². The highest BCUT2D eigenvalue weighted by atomic mass is 35.5. The lowest BCUT2D eigenvalue weighted by atomic mass is 10.0. The van der Waals surface area contributed by atoms with Crippen molar-refractivity contribution in [2.75, 3.05) is 6.61 Å². The molecule has 1 fully saturated rings. The van der Waals surface area contributed by atoms with Crippen molar-refractivity contribution in [3.8, 4) is 0 Å². The summed E-state index contributed by atoms with van der Waals surface area (Å²) in [5, 5.41) is 0.0388. The molecule has 0 saturated heterocycles. The van der Waals surface area contributed by atoms with Crippen molar-refractivity contribution in [1.82, 2.24) is 0 Å². The van der Waals surface area contributed by atoms with Crippen LogP contribution in [-0.2, 0) is 16.0 Å². The van der Waals surface area contributed by atoms with Crippen molar-refractivity contribution in [3.05, 3.63) is 34.6 Å². The van der Waals surface area contributed by atoms with Gasteiger partial charge in [-0.15, -0.1) is 0 Å². The second-order valence-corrected chi connectivity index (χ2v) is 4.95. The van der Waals surface area contributed by atoms with Crippen LogP contribution in [0, 0.1) is 11.7 Å². The zero-order valence-corrected chi connectivity index (χ0v) is 11.0. The molecule has 0 bridgehead atoms. The number of hydrogen-bond donors (Lipinski definition) is 0. The van der Waals surface area contributed by atoms with E-state index in [9.17, 15) is 9.18 Å². The minimum Gasteiger partial charge on any atom is -0.370 e. The first kappa shape index (κ1) is 13.5. The molecule has 0 aliphatic heterocycles. The van der Waals surface area contributed by atoms with Crippen LogP contribution in [0.2, 0.25) is 5.02 Å². The maximum atomic E-state index is 13.3. The molecule has 0 amide bonds. The lowest BCUT2D eigenvalue weighted by Crippen LogP contribution is -2.28. The predicted molar refractivity (Wildman–Crippen MR) is 68.3 cm³/mol. The summed E-state index contributed by atoms with van der Waals surface area (Å²) >= 11 is 5.85. The summed E-state index contributed by atoms with van der Waals surface area (Å²) in [5.74, 6) is -0.155. The Morgan fingerprint density at radius 2 is 2.28 bits per heavy atom. The number of benzene rings is 1. The molecule has 0 heterocycles. The van der Waals surface area contributed by atoms with Gasteiger partial charge in [-0.3, -0.25) is 4.79 Å². The van der Waals surface area contributed by atoms with Gasteiger partial charge in [-0.2, -0.15) is 0 Å². The van der Waals surface area contributed by atoms with E-state index >= 15 is 0 Å². The van der Waals surface area contributed by atoms with E-state index in [2.05, 4.69) is 0 Å². The summed E-state index contributed by atoms with van der Waals surface area (Å²) in [5.41, 5.74) is 0.534. The number of halogens is 2. The number of ketones is 1. The average Bonchev–Trinajstić information content (AvgIpc) is 3.16. The Bertz CT molecular complexity index is 443. The van der Waals surface area contributed by atoms with E-state index in [1.807, 2.05) is 6.92 Å². The Kier molecular flexibility index (Phi) is 4.36. The van der Waals surface area contributed by atoms with Crippen molar-refractivity contribution in [1.29, 1.82) is 0 Å². The lowest BCUT2D eigenvalue weighted by Gasteiger charge is -2.15. The molecule has 2 rings (SSSR count). The maximum Gasteiger partial charge on any atom is 0.166 e. The standard InChI is InChI=1S/C14H16ClFO2/c1-2-18-14(9-6-7-9)12(17)8-10-4-3-5-11(16)13(10)15/h3-5,9,14H,2,6-8H2,1H3. The van der Waals surface area contributed by atoms with Crippen LogP contribution in [0.3, 0.4) is 0 Å². The minimum atomic E-state index is -0.485. The molecule has 1 aliphatic rings. The van der Waals surface area contributed by atoms with Gasteiger partial charge in [-0.05, 0) is 37.3 Å². The molecule has 0 radical (unpaired) electrons. The third-order valence-corrected chi connectivity index (χ3v) is 3.53. The fraction of sp³-hybridized carbons (Fsp3) is 0.500. The van der Waals surface area contributed by atoms with Crippen LogP contribution in [0.1, 0.15) is 25.3 Å². The Morgan fingerprint density at radius 3 is 2.89 bits per heavy atom. The third-order valence-electron chi connectivity index (χ3n) is 3.11. The summed E-state index contributed by atoms with van der Waals surface area (Å²) in [4.78, 5) is 12.1. The highest BCUT2D eigenvalue weighted by Crippen LogP contribution is 2.35. The Morgan fingerprint density at radius 1 is 1.56 bits per heavy atom. The number of hydrogen-bond acceptors (Lipinski definition) is 2. The van der Waals surface area contributed by atoms with Gasteiger partial charge in [0.2, 0.25) is 0 Å². The van der Waals surface area contributed by atoms with Gasteiger partial charge in [-0.1, -0.05) is 23.7 Å². The summed E-state index contributed by atoms with van der Waals surface area (Å²) < 4.78 is 18.8. The molecule has 1 unspecified atom stereocenters. The van der Waals surface area contributed by atoms with E-state index in [1.54, 1.807) is 12.1 Å². The quantitative estimate of drug-likeness (QED) is 0.792.